The van der Waals surface area contributed by atoms with Crippen LogP contribution >= 0.6 is 22.9 Å². The summed E-state index contributed by atoms with van der Waals surface area (Å²) in [4.78, 5) is 9.39. The molecule has 0 aromatic carbocycles. The highest BCUT2D eigenvalue weighted by molar-refractivity contribution is 7.10. The third-order valence-corrected chi connectivity index (χ3v) is 2.80. The number of thiophene rings is 1. The molecule has 0 bridgehead atoms. The molecule has 2 rings (SSSR count). The zero-order valence-electron chi connectivity index (χ0n) is 6.99. The Kier molecular flexibility index (Phi) is 2.29. The Morgan fingerprint density at radius 3 is 2.69 bits per heavy atom. The highest BCUT2D eigenvalue weighted by atomic mass is 35.5. The molecule has 0 amide bonds. The van der Waals surface area contributed by atoms with Crippen molar-refractivity contribution >= 4 is 22.9 Å². The van der Waals surface area contributed by atoms with Crippen molar-refractivity contribution in [3.63, 3.8) is 0 Å². The first-order valence-corrected chi connectivity index (χ1v) is 5.05. The van der Waals surface area contributed by atoms with E-state index in [1.807, 2.05) is 5.38 Å². The Balaban J connectivity index is 2.52. The zero-order chi connectivity index (χ0) is 9.26. The summed E-state index contributed by atoms with van der Waals surface area (Å²) in [6, 6.07) is 2.06. The van der Waals surface area contributed by atoms with Gasteiger partial charge in [0.1, 0.15) is 5.69 Å². The molecule has 0 aliphatic carbocycles. The van der Waals surface area contributed by atoms with Crippen LogP contribution in [0, 0.1) is 6.92 Å². The number of rotatable bonds is 1. The third-order valence-electron chi connectivity index (χ3n) is 1.66. The molecule has 13 heavy (non-hydrogen) atoms. The van der Waals surface area contributed by atoms with Crippen LogP contribution in [0.2, 0.25) is 5.15 Å². The monoisotopic (exact) mass is 210 g/mol. The SMILES string of the molecule is Cc1cc(-c2nccnc2Cl)cs1. The van der Waals surface area contributed by atoms with E-state index in [1.165, 1.54) is 4.88 Å². The molecule has 0 spiro atoms. The highest BCUT2D eigenvalue weighted by Crippen LogP contribution is 2.27. The first-order valence-electron chi connectivity index (χ1n) is 3.79. The molecule has 2 nitrogen and oxygen atoms in total. The van der Waals surface area contributed by atoms with Crippen molar-refractivity contribution in [3.05, 3.63) is 33.9 Å². The van der Waals surface area contributed by atoms with Crippen LogP contribution in [-0.4, -0.2) is 9.97 Å². The number of hydrogen-bond donors (Lipinski definition) is 0. The van der Waals surface area contributed by atoms with E-state index in [0.29, 0.717) is 5.15 Å². The minimum atomic E-state index is 0.459. The van der Waals surface area contributed by atoms with Gasteiger partial charge < -0.3 is 0 Å². The minimum Gasteiger partial charge on any atom is -0.251 e. The predicted octanol–water partition coefficient (Wildman–Crippen LogP) is 3.17. The van der Waals surface area contributed by atoms with Crippen LogP contribution in [-0.2, 0) is 0 Å². The molecule has 2 aromatic rings. The summed E-state index contributed by atoms with van der Waals surface area (Å²) in [5, 5.41) is 2.49. The summed E-state index contributed by atoms with van der Waals surface area (Å²) >= 11 is 7.58. The van der Waals surface area contributed by atoms with Gasteiger partial charge in [0.05, 0.1) is 0 Å². The Hall–Kier alpha value is -0.930. The van der Waals surface area contributed by atoms with Gasteiger partial charge in [-0.15, -0.1) is 11.3 Å². The van der Waals surface area contributed by atoms with Crippen molar-refractivity contribution in [1.29, 1.82) is 0 Å². The lowest BCUT2D eigenvalue weighted by molar-refractivity contribution is 1.21. The molecule has 66 valence electrons. The normalized spacial score (nSPS) is 10.3. The van der Waals surface area contributed by atoms with E-state index in [2.05, 4.69) is 23.0 Å². The highest BCUT2D eigenvalue weighted by Gasteiger charge is 2.06. The van der Waals surface area contributed by atoms with E-state index in [4.69, 9.17) is 11.6 Å². The van der Waals surface area contributed by atoms with E-state index in [1.54, 1.807) is 23.7 Å². The molecule has 0 saturated carbocycles. The van der Waals surface area contributed by atoms with Gasteiger partial charge in [0.2, 0.25) is 0 Å². The quantitative estimate of drug-likeness (QED) is 0.723. The second kappa shape index (κ2) is 3.44. The molecular formula is C9H7ClN2S. The van der Waals surface area contributed by atoms with Crippen molar-refractivity contribution in [2.45, 2.75) is 6.92 Å². The Bertz CT molecular complexity index is 425. The fraction of sp³-hybridized carbons (Fsp3) is 0.111. The molecule has 4 heteroatoms. The van der Waals surface area contributed by atoms with Gasteiger partial charge in [0.25, 0.3) is 0 Å². The van der Waals surface area contributed by atoms with E-state index >= 15 is 0 Å². The fourth-order valence-electron chi connectivity index (χ4n) is 1.08. The van der Waals surface area contributed by atoms with Gasteiger partial charge in [-0.3, -0.25) is 4.98 Å². The fourth-order valence-corrected chi connectivity index (χ4v) is 1.98. The molecule has 0 atom stereocenters. The van der Waals surface area contributed by atoms with Crippen LogP contribution in [0.1, 0.15) is 4.88 Å². The maximum Gasteiger partial charge on any atom is 0.155 e. The molecule has 0 unspecified atom stereocenters. The average molecular weight is 211 g/mol. The van der Waals surface area contributed by atoms with Crippen molar-refractivity contribution < 1.29 is 0 Å². The summed E-state index contributed by atoms with van der Waals surface area (Å²) in [6.07, 6.45) is 3.24. The van der Waals surface area contributed by atoms with Gasteiger partial charge in [-0.1, -0.05) is 11.6 Å². The first kappa shape index (κ1) is 8.66. The van der Waals surface area contributed by atoms with Gasteiger partial charge in [0, 0.05) is 28.2 Å². The predicted molar refractivity (Wildman–Crippen MR) is 55.1 cm³/mol. The van der Waals surface area contributed by atoms with Crippen LogP contribution in [0.3, 0.4) is 0 Å². The Morgan fingerprint density at radius 2 is 2.08 bits per heavy atom. The van der Waals surface area contributed by atoms with E-state index in [9.17, 15) is 0 Å². The van der Waals surface area contributed by atoms with Crippen LogP contribution in [0.5, 0.6) is 0 Å². The first-order chi connectivity index (χ1) is 6.27. The maximum absolute atomic E-state index is 5.90. The van der Waals surface area contributed by atoms with Crippen molar-refractivity contribution in [2.75, 3.05) is 0 Å². The molecule has 0 aliphatic rings. The van der Waals surface area contributed by atoms with E-state index in [0.717, 1.165) is 11.3 Å². The second-order valence-corrected chi connectivity index (χ2v) is 4.12. The Labute approximate surface area is 85.2 Å². The molecule has 0 radical (unpaired) electrons. The molecule has 0 N–H and O–H groups in total. The van der Waals surface area contributed by atoms with Crippen molar-refractivity contribution in [2.24, 2.45) is 0 Å². The van der Waals surface area contributed by atoms with Gasteiger partial charge in [0.15, 0.2) is 5.15 Å². The summed E-state index contributed by atoms with van der Waals surface area (Å²) in [6.45, 7) is 2.05. The summed E-state index contributed by atoms with van der Waals surface area (Å²) < 4.78 is 0. The summed E-state index contributed by atoms with van der Waals surface area (Å²) in [5.41, 5.74) is 1.80. The zero-order valence-corrected chi connectivity index (χ0v) is 8.56. The van der Waals surface area contributed by atoms with Gasteiger partial charge in [-0.25, -0.2) is 4.98 Å². The van der Waals surface area contributed by atoms with Crippen LogP contribution in [0.15, 0.2) is 23.8 Å². The molecule has 0 saturated heterocycles. The number of aryl methyl sites for hydroxylation is 1. The van der Waals surface area contributed by atoms with Gasteiger partial charge in [-0.2, -0.15) is 0 Å². The molecule has 0 fully saturated rings. The summed E-state index contributed by atoms with van der Waals surface area (Å²) in [7, 11) is 0. The molecule has 0 aliphatic heterocycles. The number of hydrogen-bond acceptors (Lipinski definition) is 3. The van der Waals surface area contributed by atoms with Crippen molar-refractivity contribution in [3.8, 4) is 11.3 Å². The van der Waals surface area contributed by atoms with E-state index in [-0.39, 0.29) is 0 Å². The van der Waals surface area contributed by atoms with Crippen LogP contribution in [0.25, 0.3) is 11.3 Å². The topological polar surface area (TPSA) is 25.8 Å². The van der Waals surface area contributed by atoms with Crippen LogP contribution in [0.4, 0.5) is 0 Å². The summed E-state index contributed by atoms with van der Waals surface area (Å²) in [5.74, 6) is 0. The number of aromatic nitrogens is 2. The van der Waals surface area contributed by atoms with Gasteiger partial charge in [-0.05, 0) is 13.0 Å². The molecule has 2 aromatic heterocycles. The smallest absolute Gasteiger partial charge is 0.155 e. The number of halogens is 1. The van der Waals surface area contributed by atoms with Crippen molar-refractivity contribution in [1.82, 2.24) is 9.97 Å². The number of nitrogens with zero attached hydrogens (tertiary/aromatic N) is 2. The average Bonchev–Trinajstić information content (AvgIpc) is 2.53. The lowest BCUT2D eigenvalue weighted by Crippen LogP contribution is -1.84. The minimum absolute atomic E-state index is 0.459. The van der Waals surface area contributed by atoms with Crippen LogP contribution < -0.4 is 0 Å². The lowest BCUT2D eigenvalue weighted by Gasteiger charge is -1.96. The standard InChI is InChI=1S/C9H7ClN2S/c1-6-4-7(5-13-6)8-9(10)12-3-2-11-8/h2-5H,1H3. The second-order valence-electron chi connectivity index (χ2n) is 2.64. The molecule has 2 heterocycles. The van der Waals surface area contributed by atoms with Gasteiger partial charge >= 0.3 is 0 Å². The lowest BCUT2D eigenvalue weighted by atomic mass is 10.2. The maximum atomic E-state index is 5.90. The largest absolute Gasteiger partial charge is 0.251 e. The van der Waals surface area contributed by atoms with E-state index < -0.39 is 0 Å². The molecular weight excluding hydrogens is 204 g/mol. The third kappa shape index (κ3) is 1.71. The Morgan fingerprint density at radius 1 is 1.31 bits per heavy atom.